The number of halogens is 2. The van der Waals surface area contributed by atoms with Crippen molar-refractivity contribution in [3.8, 4) is 6.07 Å². The average Bonchev–Trinajstić information content (AvgIpc) is 3.41. The first-order valence-corrected chi connectivity index (χ1v) is 13.9. The number of rotatable bonds is 12. The van der Waals surface area contributed by atoms with Gasteiger partial charge in [-0.1, -0.05) is 18.2 Å². The van der Waals surface area contributed by atoms with E-state index >= 15 is 0 Å². The zero-order chi connectivity index (χ0) is 30.3. The number of carbonyl (C=O) groups excluding carboxylic acids is 2. The molecule has 0 saturated heterocycles. The quantitative estimate of drug-likeness (QED) is 0.240. The summed E-state index contributed by atoms with van der Waals surface area (Å²) in [5, 5.41) is 36.2. The van der Waals surface area contributed by atoms with Gasteiger partial charge in [0.05, 0.1) is 30.8 Å². The lowest BCUT2D eigenvalue weighted by Gasteiger charge is -2.32. The summed E-state index contributed by atoms with van der Waals surface area (Å²) in [4.78, 5) is 29.4. The van der Waals surface area contributed by atoms with Gasteiger partial charge in [0, 0.05) is 18.7 Å². The molecule has 0 radical (unpaired) electrons. The first-order valence-electron chi connectivity index (χ1n) is 12.0. The van der Waals surface area contributed by atoms with Crippen LogP contribution in [0.4, 0.5) is 14.8 Å². The zero-order valence-corrected chi connectivity index (χ0v) is 22.7. The van der Waals surface area contributed by atoms with Crippen molar-refractivity contribution in [2.75, 3.05) is 17.6 Å². The number of aliphatic hydroxyl groups excluding tert-OH is 2. The second-order valence-corrected chi connectivity index (χ2v) is 11.1. The number of hydrogen-bond acceptors (Lipinski definition) is 9. The summed E-state index contributed by atoms with van der Waals surface area (Å²) < 4.78 is 57.0. The Bertz CT molecular complexity index is 1510. The zero-order valence-electron chi connectivity index (χ0n) is 21.9. The molecule has 4 atom stereocenters. The summed E-state index contributed by atoms with van der Waals surface area (Å²) in [6.45, 7) is 0. The number of nitrogens with one attached hydrogen (secondary N) is 2. The first kappa shape index (κ1) is 31.1. The molecule has 2 aromatic carbocycles. The van der Waals surface area contributed by atoms with E-state index in [4.69, 9.17) is 4.42 Å². The van der Waals surface area contributed by atoms with Gasteiger partial charge in [0.2, 0.25) is 10.0 Å². The van der Waals surface area contributed by atoms with Crippen molar-refractivity contribution in [3.05, 3.63) is 83.2 Å². The maximum atomic E-state index is 13.9. The first-order chi connectivity index (χ1) is 19.3. The molecule has 15 heteroatoms. The molecule has 0 aliphatic carbocycles. The van der Waals surface area contributed by atoms with Gasteiger partial charge in [0.25, 0.3) is 11.8 Å². The van der Waals surface area contributed by atoms with Crippen LogP contribution in [0, 0.1) is 23.0 Å². The summed E-state index contributed by atoms with van der Waals surface area (Å²) in [5.74, 6) is -3.49. The predicted molar refractivity (Wildman–Crippen MR) is 141 cm³/mol. The predicted octanol–water partition coefficient (Wildman–Crippen LogP) is 1.12. The molecule has 0 aliphatic rings. The number of aliphatic hydroxyl groups is 2. The maximum Gasteiger partial charge on any atom is 0.311 e. The van der Waals surface area contributed by atoms with Crippen molar-refractivity contribution in [1.82, 2.24) is 15.6 Å². The molecule has 0 bridgehead atoms. The van der Waals surface area contributed by atoms with Gasteiger partial charge in [0.1, 0.15) is 30.1 Å². The highest BCUT2D eigenvalue weighted by Gasteiger charge is 2.35. The van der Waals surface area contributed by atoms with Gasteiger partial charge < -0.3 is 25.3 Å². The second kappa shape index (κ2) is 13.3. The number of aromatic nitrogens is 1. The van der Waals surface area contributed by atoms with Crippen LogP contribution in [-0.4, -0.2) is 73.0 Å². The van der Waals surface area contributed by atoms with E-state index in [9.17, 15) is 42.3 Å². The molecule has 4 N–H and O–H groups in total. The lowest BCUT2D eigenvalue weighted by atomic mass is 9.92. The number of nitriles is 1. The number of sulfonamides is 1. The van der Waals surface area contributed by atoms with E-state index in [0.717, 1.165) is 31.7 Å². The smallest absolute Gasteiger partial charge is 0.311 e. The SMILES string of the molecule is CN(c1nc(C(=O)NC(Cc2cc(F)cc(F)c2)C(O)C(O)C(CC#N)NC(=O)c2ccccc2)co1)S(C)(=O)=O. The normalized spacial score (nSPS) is 14.3. The number of hydrogen-bond donors (Lipinski definition) is 4. The van der Waals surface area contributed by atoms with E-state index in [1.165, 1.54) is 12.1 Å². The van der Waals surface area contributed by atoms with Crippen molar-refractivity contribution in [3.63, 3.8) is 0 Å². The number of oxazole rings is 1. The molecule has 0 fully saturated rings. The molecule has 0 aliphatic heterocycles. The Labute approximate surface area is 234 Å². The van der Waals surface area contributed by atoms with E-state index in [2.05, 4.69) is 15.6 Å². The van der Waals surface area contributed by atoms with E-state index in [-0.39, 0.29) is 11.1 Å². The molecule has 3 rings (SSSR count). The number of nitrogens with zero attached hydrogens (tertiary/aromatic N) is 3. The highest BCUT2D eigenvalue weighted by molar-refractivity contribution is 7.92. The van der Waals surface area contributed by atoms with Crippen molar-refractivity contribution in [2.45, 2.75) is 37.1 Å². The number of amides is 2. The number of benzene rings is 2. The van der Waals surface area contributed by atoms with Crippen molar-refractivity contribution in [1.29, 1.82) is 5.26 Å². The van der Waals surface area contributed by atoms with E-state index < -0.39 is 82.3 Å². The third-order valence-electron chi connectivity index (χ3n) is 6.02. The Balaban J connectivity index is 1.88. The molecule has 12 nitrogen and oxygen atoms in total. The van der Waals surface area contributed by atoms with Crippen LogP contribution < -0.4 is 14.9 Å². The number of carbonyl (C=O) groups is 2. The Morgan fingerprint density at radius 1 is 1.05 bits per heavy atom. The number of anilines is 1. The fourth-order valence-corrected chi connectivity index (χ4v) is 4.18. The van der Waals surface area contributed by atoms with Crippen LogP contribution in [0.3, 0.4) is 0 Å². The fourth-order valence-electron chi connectivity index (χ4n) is 3.81. The average molecular weight is 592 g/mol. The van der Waals surface area contributed by atoms with Gasteiger partial charge in [-0.05, 0) is 36.2 Å². The van der Waals surface area contributed by atoms with E-state index in [0.29, 0.717) is 10.4 Å². The molecular weight excluding hydrogens is 564 g/mol. The molecule has 3 aromatic rings. The molecule has 41 heavy (non-hydrogen) atoms. The standard InChI is InChI=1S/C26H27F2N5O7S/c1-33(41(2,38)39)26-32-21(14-40-26)25(37)31-20(12-15-10-17(27)13-18(28)11-15)23(35)22(34)19(8-9-29)30-24(36)16-6-4-3-5-7-16/h3-7,10-11,13-14,19-20,22-23,34-35H,8,12H2,1-2H3,(H,30,36)(H,31,37). The summed E-state index contributed by atoms with van der Waals surface area (Å²) in [6, 6.07) is 9.05. The molecular formula is C26H27F2N5O7S. The van der Waals surface area contributed by atoms with E-state index in [1.54, 1.807) is 18.2 Å². The summed E-state index contributed by atoms with van der Waals surface area (Å²) in [6.07, 6.45) is -2.82. The Morgan fingerprint density at radius 3 is 2.22 bits per heavy atom. The molecule has 218 valence electrons. The summed E-state index contributed by atoms with van der Waals surface area (Å²) in [5.41, 5.74) is -0.182. The van der Waals surface area contributed by atoms with Crippen molar-refractivity contribution < 1.29 is 41.4 Å². The van der Waals surface area contributed by atoms with Crippen LogP contribution in [0.15, 0.2) is 59.2 Å². The molecule has 0 spiro atoms. The minimum absolute atomic E-state index is 0.00172. The van der Waals surface area contributed by atoms with Gasteiger partial charge in [-0.15, -0.1) is 0 Å². The Hall–Kier alpha value is -4.39. The van der Waals surface area contributed by atoms with Crippen LogP contribution in [0.25, 0.3) is 0 Å². The topological polar surface area (TPSA) is 186 Å². The Kier molecular flexibility index (Phi) is 10.1. The van der Waals surface area contributed by atoms with Crippen LogP contribution in [0.1, 0.15) is 32.8 Å². The molecule has 1 aromatic heterocycles. The molecule has 2 amide bonds. The van der Waals surface area contributed by atoms with Gasteiger partial charge in [-0.25, -0.2) is 21.5 Å². The lowest BCUT2D eigenvalue weighted by molar-refractivity contribution is -0.0212. The van der Waals surface area contributed by atoms with Crippen LogP contribution >= 0.6 is 0 Å². The second-order valence-electron chi connectivity index (χ2n) is 9.10. The minimum atomic E-state index is -3.77. The summed E-state index contributed by atoms with van der Waals surface area (Å²) >= 11 is 0. The fraction of sp³-hybridized carbons (Fsp3) is 0.308. The van der Waals surface area contributed by atoms with E-state index in [1.807, 2.05) is 6.07 Å². The molecule has 0 saturated carbocycles. The largest absolute Gasteiger partial charge is 0.430 e. The maximum absolute atomic E-state index is 13.9. The molecule has 1 heterocycles. The van der Waals surface area contributed by atoms with Gasteiger partial charge in [-0.3, -0.25) is 9.59 Å². The lowest BCUT2D eigenvalue weighted by Crippen LogP contribution is -2.56. The molecule has 4 unspecified atom stereocenters. The van der Waals surface area contributed by atoms with Crippen LogP contribution in [-0.2, 0) is 16.4 Å². The Morgan fingerprint density at radius 2 is 1.63 bits per heavy atom. The highest BCUT2D eigenvalue weighted by atomic mass is 32.2. The van der Waals surface area contributed by atoms with Gasteiger partial charge in [0.15, 0.2) is 5.69 Å². The minimum Gasteiger partial charge on any atom is -0.430 e. The summed E-state index contributed by atoms with van der Waals surface area (Å²) in [7, 11) is -2.63. The highest BCUT2D eigenvalue weighted by Crippen LogP contribution is 2.18. The third kappa shape index (κ3) is 8.30. The van der Waals surface area contributed by atoms with Gasteiger partial charge >= 0.3 is 6.01 Å². The van der Waals surface area contributed by atoms with Crippen LogP contribution in [0.2, 0.25) is 0 Å². The third-order valence-corrected chi connectivity index (χ3v) is 7.18. The van der Waals surface area contributed by atoms with Crippen molar-refractivity contribution >= 4 is 27.9 Å². The van der Waals surface area contributed by atoms with Crippen molar-refractivity contribution in [2.24, 2.45) is 0 Å². The van der Waals surface area contributed by atoms with Crippen LogP contribution in [0.5, 0.6) is 0 Å². The monoisotopic (exact) mass is 591 g/mol. The van der Waals surface area contributed by atoms with Gasteiger partial charge in [-0.2, -0.15) is 10.2 Å².